The number of aromatic nitrogens is 2. The highest BCUT2D eigenvalue weighted by atomic mass is 32.2. The highest BCUT2D eigenvalue weighted by molar-refractivity contribution is 7.98. The monoisotopic (exact) mass is 257 g/mol. The fourth-order valence-corrected chi connectivity index (χ4v) is 2.02. The summed E-state index contributed by atoms with van der Waals surface area (Å²) in [7, 11) is 0. The number of nitrogen functional groups attached to an aromatic ring is 1. The van der Waals surface area contributed by atoms with Gasteiger partial charge in [-0.1, -0.05) is 0 Å². The van der Waals surface area contributed by atoms with Crippen LogP contribution in [0.25, 0.3) is 0 Å². The van der Waals surface area contributed by atoms with Gasteiger partial charge in [-0.05, 0) is 20.1 Å². The van der Waals surface area contributed by atoms with E-state index in [0.29, 0.717) is 0 Å². The van der Waals surface area contributed by atoms with Gasteiger partial charge in [-0.2, -0.15) is 16.7 Å². The molecule has 0 radical (unpaired) electrons. The van der Waals surface area contributed by atoms with Crippen molar-refractivity contribution in [1.82, 2.24) is 9.97 Å². The normalized spacial score (nSPS) is 12.2. The lowest BCUT2D eigenvalue weighted by Crippen LogP contribution is -2.20. The van der Waals surface area contributed by atoms with Gasteiger partial charge >= 0.3 is 5.69 Å². The Morgan fingerprint density at radius 1 is 1.59 bits per heavy atom. The molecule has 0 saturated heterocycles. The van der Waals surface area contributed by atoms with Crippen LogP contribution >= 0.6 is 11.8 Å². The molecule has 1 atom stereocenters. The molecule has 1 rings (SSSR count). The molecular weight excluding hydrogens is 242 g/mol. The highest BCUT2D eigenvalue weighted by Crippen LogP contribution is 2.26. The molecule has 0 bridgehead atoms. The molecule has 0 aliphatic rings. The zero-order chi connectivity index (χ0) is 13.0. The quantitative estimate of drug-likeness (QED) is 0.607. The summed E-state index contributed by atoms with van der Waals surface area (Å²) < 4.78 is 0. The topological polar surface area (TPSA) is 107 Å². The van der Waals surface area contributed by atoms with Gasteiger partial charge < -0.3 is 11.1 Å². The van der Waals surface area contributed by atoms with Crippen LogP contribution in [0.4, 0.5) is 17.5 Å². The maximum absolute atomic E-state index is 10.9. The molecule has 0 aliphatic heterocycles. The van der Waals surface area contributed by atoms with Crippen LogP contribution < -0.4 is 11.1 Å². The van der Waals surface area contributed by atoms with Gasteiger partial charge in [-0.25, -0.2) is 4.98 Å². The van der Waals surface area contributed by atoms with Gasteiger partial charge in [0.05, 0.1) is 4.92 Å². The minimum absolute atomic E-state index is 0.0342. The molecule has 94 valence electrons. The summed E-state index contributed by atoms with van der Waals surface area (Å²) in [4.78, 5) is 18.1. The van der Waals surface area contributed by atoms with Crippen molar-refractivity contribution in [3.05, 3.63) is 15.8 Å². The first-order chi connectivity index (χ1) is 7.95. The minimum Gasteiger partial charge on any atom is -0.368 e. The Balaban J connectivity index is 3.08. The van der Waals surface area contributed by atoms with Crippen LogP contribution in [0.5, 0.6) is 0 Å². The molecule has 0 amide bonds. The molecule has 1 unspecified atom stereocenters. The predicted molar refractivity (Wildman–Crippen MR) is 69.3 cm³/mol. The molecule has 0 saturated carbocycles. The zero-order valence-electron chi connectivity index (χ0n) is 9.93. The van der Waals surface area contributed by atoms with Gasteiger partial charge in [0.1, 0.15) is 5.69 Å². The first kappa shape index (κ1) is 13.5. The van der Waals surface area contributed by atoms with Gasteiger partial charge in [0.2, 0.25) is 11.8 Å². The number of rotatable bonds is 5. The van der Waals surface area contributed by atoms with Crippen molar-refractivity contribution in [2.45, 2.75) is 19.9 Å². The van der Waals surface area contributed by atoms with Crippen molar-refractivity contribution in [1.29, 1.82) is 0 Å². The van der Waals surface area contributed by atoms with Gasteiger partial charge in [-0.15, -0.1) is 0 Å². The van der Waals surface area contributed by atoms with Crippen LogP contribution in [0.1, 0.15) is 12.6 Å². The van der Waals surface area contributed by atoms with E-state index in [2.05, 4.69) is 15.3 Å². The number of hydrogen-bond acceptors (Lipinski definition) is 7. The average Bonchev–Trinajstić information content (AvgIpc) is 2.15. The van der Waals surface area contributed by atoms with E-state index in [1.165, 1.54) is 0 Å². The lowest BCUT2D eigenvalue weighted by Gasteiger charge is -2.13. The largest absolute Gasteiger partial charge is 0.368 e. The number of nitrogens with one attached hydrogen (secondary N) is 1. The Morgan fingerprint density at radius 2 is 2.24 bits per heavy atom. The van der Waals surface area contributed by atoms with E-state index in [1.807, 2.05) is 13.2 Å². The van der Waals surface area contributed by atoms with Crippen LogP contribution in [0.3, 0.4) is 0 Å². The summed E-state index contributed by atoms with van der Waals surface area (Å²) >= 11 is 1.64. The van der Waals surface area contributed by atoms with E-state index in [0.717, 1.165) is 5.75 Å². The summed E-state index contributed by atoms with van der Waals surface area (Å²) in [6.07, 6.45) is 1.96. The third kappa shape index (κ3) is 3.45. The van der Waals surface area contributed by atoms with Crippen LogP contribution in [0.15, 0.2) is 0 Å². The molecule has 1 heterocycles. The molecule has 0 aliphatic carbocycles. The summed E-state index contributed by atoms with van der Waals surface area (Å²) in [5, 5.41) is 13.9. The number of hydrogen-bond donors (Lipinski definition) is 2. The second-order valence-corrected chi connectivity index (χ2v) is 4.53. The minimum atomic E-state index is -0.497. The third-order valence-electron chi connectivity index (χ3n) is 2.06. The van der Waals surface area contributed by atoms with Crippen molar-refractivity contribution < 1.29 is 4.92 Å². The third-order valence-corrected chi connectivity index (χ3v) is 2.89. The first-order valence-corrected chi connectivity index (χ1v) is 6.39. The van der Waals surface area contributed by atoms with E-state index < -0.39 is 4.92 Å². The fourth-order valence-electron chi connectivity index (χ4n) is 1.43. The smallest absolute Gasteiger partial charge is 0.332 e. The van der Waals surface area contributed by atoms with E-state index >= 15 is 0 Å². The Bertz CT molecular complexity index is 426. The highest BCUT2D eigenvalue weighted by Gasteiger charge is 2.22. The van der Waals surface area contributed by atoms with Crippen LogP contribution in [-0.4, -0.2) is 32.9 Å². The van der Waals surface area contributed by atoms with E-state index in [9.17, 15) is 10.1 Å². The lowest BCUT2D eigenvalue weighted by molar-refractivity contribution is -0.385. The second-order valence-electron chi connectivity index (χ2n) is 3.62. The van der Waals surface area contributed by atoms with Crippen LogP contribution in [0, 0.1) is 17.0 Å². The Hall–Kier alpha value is -1.57. The summed E-state index contributed by atoms with van der Waals surface area (Å²) in [6.45, 7) is 3.47. The molecular formula is C9H15N5O2S. The zero-order valence-corrected chi connectivity index (χ0v) is 10.7. The van der Waals surface area contributed by atoms with Crippen molar-refractivity contribution in [2.24, 2.45) is 0 Å². The van der Waals surface area contributed by atoms with Crippen molar-refractivity contribution in [3.63, 3.8) is 0 Å². The van der Waals surface area contributed by atoms with E-state index in [-0.39, 0.29) is 29.2 Å². The number of aryl methyl sites for hydroxylation is 1. The SMILES string of the molecule is CSCC(C)Nc1nc(N)nc(C)c1[N+](=O)[O-]. The number of anilines is 2. The standard InChI is InChI=1S/C9H15N5O2S/c1-5(4-17-3)11-8-7(14(15)16)6(2)12-9(10)13-8/h5H,4H2,1-3H3,(H3,10,11,12,13). The number of nitrogens with two attached hydrogens (primary N) is 1. The number of nitro groups is 1. The Kier molecular flexibility index (Phi) is 4.50. The molecule has 0 spiro atoms. The second kappa shape index (κ2) is 5.67. The maximum atomic E-state index is 10.9. The molecule has 1 aromatic heterocycles. The Morgan fingerprint density at radius 3 is 2.76 bits per heavy atom. The molecule has 3 N–H and O–H groups in total. The molecule has 8 heteroatoms. The van der Waals surface area contributed by atoms with Gasteiger partial charge in [0, 0.05) is 11.8 Å². The van der Waals surface area contributed by atoms with Gasteiger partial charge in [0.25, 0.3) is 0 Å². The maximum Gasteiger partial charge on any atom is 0.332 e. The van der Waals surface area contributed by atoms with Crippen molar-refractivity contribution in [2.75, 3.05) is 23.1 Å². The average molecular weight is 257 g/mol. The summed E-state index contributed by atoms with van der Waals surface area (Å²) in [5.41, 5.74) is 5.63. The molecule has 17 heavy (non-hydrogen) atoms. The molecule has 1 aromatic rings. The lowest BCUT2D eigenvalue weighted by atomic mass is 10.3. The fraction of sp³-hybridized carbons (Fsp3) is 0.556. The number of nitrogens with zero attached hydrogens (tertiary/aromatic N) is 3. The number of thioether (sulfide) groups is 1. The molecule has 0 fully saturated rings. The van der Waals surface area contributed by atoms with E-state index in [1.54, 1.807) is 18.7 Å². The van der Waals surface area contributed by atoms with Crippen molar-refractivity contribution in [3.8, 4) is 0 Å². The van der Waals surface area contributed by atoms with Gasteiger partial charge in [-0.3, -0.25) is 10.1 Å². The predicted octanol–water partition coefficient (Wildman–Crippen LogP) is 1.44. The Labute approximate surface area is 103 Å². The van der Waals surface area contributed by atoms with Gasteiger partial charge in [0.15, 0.2) is 0 Å². The summed E-state index contributed by atoms with van der Waals surface area (Å²) in [5.74, 6) is 1.04. The molecule has 7 nitrogen and oxygen atoms in total. The van der Waals surface area contributed by atoms with Crippen LogP contribution in [-0.2, 0) is 0 Å². The van der Waals surface area contributed by atoms with Crippen molar-refractivity contribution >= 4 is 29.2 Å². The van der Waals surface area contributed by atoms with E-state index in [4.69, 9.17) is 5.73 Å². The first-order valence-electron chi connectivity index (χ1n) is 4.99. The summed E-state index contributed by atoms with van der Waals surface area (Å²) in [6, 6.07) is 0.0670. The molecule has 0 aromatic carbocycles. The van der Waals surface area contributed by atoms with Crippen LogP contribution in [0.2, 0.25) is 0 Å².